The summed E-state index contributed by atoms with van der Waals surface area (Å²) in [4.78, 5) is 22.1. The van der Waals surface area contributed by atoms with Gasteiger partial charge in [-0.15, -0.1) is 0 Å². The number of rotatable bonds is 4. The van der Waals surface area contributed by atoms with E-state index in [4.69, 9.17) is 9.84 Å². The Morgan fingerprint density at radius 2 is 2.12 bits per heavy atom. The number of hydrogen-bond acceptors (Lipinski definition) is 3. The Labute approximate surface area is 99.7 Å². The zero-order chi connectivity index (χ0) is 12.5. The quantitative estimate of drug-likeness (QED) is 0.668. The van der Waals surface area contributed by atoms with Gasteiger partial charge in [0.25, 0.3) is 0 Å². The molecule has 2 unspecified atom stereocenters. The number of amides is 2. The topological polar surface area (TPSA) is 87.7 Å². The van der Waals surface area contributed by atoms with Crippen LogP contribution in [0.2, 0.25) is 0 Å². The Kier molecular flexibility index (Phi) is 3.24. The summed E-state index contributed by atoms with van der Waals surface area (Å²) in [6, 6.07) is -0.202. The maximum atomic E-state index is 11.5. The van der Waals surface area contributed by atoms with E-state index >= 15 is 0 Å². The molecule has 1 aliphatic carbocycles. The molecular weight excluding hydrogens is 224 g/mol. The molecule has 2 rings (SSSR count). The highest BCUT2D eigenvalue weighted by molar-refractivity contribution is 5.75. The highest BCUT2D eigenvalue weighted by Crippen LogP contribution is 2.34. The maximum absolute atomic E-state index is 11.5. The van der Waals surface area contributed by atoms with Gasteiger partial charge >= 0.3 is 12.0 Å². The van der Waals surface area contributed by atoms with Crippen LogP contribution in [0.5, 0.6) is 0 Å². The molecule has 6 heteroatoms. The van der Waals surface area contributed by atoms with Crippen molar-refractivity contribution in [3.8, 4) is 0 Å². The van der Waals surface area contributed by atoms with Crippen molar-refractivity contribution in [3.05, 3.63) is 0 Å². The summed E-state index contributed by atoms with van der Waals surface area (Å²) in [5, 5.41) is 14.3. The van der Waals surface area contributed by atoms with E-state index in [-0.39, 0.29) is 17.7 Å². The summed E-state index contributed by atoms with van der Waals surface area (Å²) in [5.41, 5.74) is -0.0375. The van der Waals surface area contributed by atoms with E-state index in [1.54, 1.807) is 0 Å². The molecule has 0 radical (unpaired) electrons. The first kappa shape index (κ1) is 12.2. The first-order chi connectivity index (χ1) is 7.98. The fraction of sp³-hybridized carbons (Fsp3) is 0.818. The molecule has 0 aromatic heterocycles. The third-order valence-corrected chi connectivity index (χ3v) is 3.29. The number of urea groups is 1. The maximum Gasteiger partial charge on any atom is 0.332 e. The summed E-state index contributed by atoms with van der Waals surface area (Å²) in [5.74, 6) is -0.928. The molecule has 1 saturated carbocycles. The lowest BCUT2D eigenvalue weighted by Crippen LogP contribution is -2.44. The number of carbonyl (C=O) groups is 2. The summed E-state index contributed by atoms with van der Waals surface area (Å²) < 4.78 is 5.28. The van der Waals surface area contributed by atoms with Crippen molar-refractivity contribution in [2.75, 3.05) is 6.54 Å². The van der Waals surface area contributed by atoms with E-state index in [2.05, 4.69) is 10.6 Å². The van der Waals surface area contributed by atoms with Gasteiger partial charge in [-0.05, 0) is 32.6 Å². The van der Waals surface area contributed by atoms with Gasteiger partial charge in [-0.2, -0.15) is 0 Å². The monoisotopic (exact) mass is 242 g/mol. The Bertz CT molecular complexity index is 327. The zero-order valence-corrected chi connectivity index (χ0v) is 9.86. The lowest BCUT2D eigenvalue weighted by molar-refractivity contribution is -0.149. The summed E-state index contributed by atoms with van der Waals surface area (Å²) in [6.45, 7) is 2.37. The molecule has 3 N–H and O–H groups in total. The van der Waals surface area contributed by atoms with Gasteiger partial charge < -0.3 is 20.5 Å². The fourth-order valence-electron chi connectivity index (χ4n) is 1.87. The lowest BCUT2D eigenvalue weighted by atomic mass is 10.2. The van der Waals surface area contributed by atoms with Gasteiger partial charge in [0, 0.05) is 12.1 Å². The molecule has 1 heterocycles. The molecule has 0 aromatic rings. The Morgan fingerprint density at radius 1 is 1.41 bits per heavy atom. The van der Waals surface area contributed by atoms with E-state index in [0.717, 1.165) is 12.8 Å². The van der Waals surface area contributed by atoms with Crippen LogP contribution in [0.1, 0.15) is 32.6 Å². The van der Waals surface area contributed by atoms with Crippen LogP contribution >= 0.6 is 0 Å². The highest BCUT2D eigenvalue weighted by atomic mass is 16.5. The lowest BCUT2D eigenvalue weighted by Gasteiger charge is -2.15. The van der Waals surface area contributed by atoms with E-state index in [0.29, 0.717) is 19.4 Å². The molecule has 96 valence electrons. The second-order valence-corrected chi connectivity index (χ2v) is 5.06. The highest BCUT2D eigenvalue weighted by Gasteiger charge is 2.39. The standard InChI is InChI=1S/C11H18N2O4/c1-11(4-5-11)13-10(16)12-6-7-2-3-8(17-7)9(14)15/h7-8H,2-6H2,1H3,(H,14,15)(H2,12,13,16). The van der Waals surface area contributed by atoms with E-state index in [1.807, 2.05) is 6.92 Å². The molecular formula is C11H18N2O4. The molecule has 6 nitrogen and oxygen atoms in total. The predicted molar refractivity (Wildman–Crippen MR) is 59.7 cm³/mol. The molecule has 0 bridgehead atoms. The van der Waals surface area contributed by atoms with Gasteiger partial charge in [-0.25, -0.2) is 9.59 Å². The van der Waals surface area contributed by atoms with Gasteiger partial charge in [0.05, 0.1) is 6.10 Å². The Balaban J connectivity index is 1.65. The van der Waals surface area contributed by atoms with E-state index < -0.39 is 12.1 Å². The smallest absolute Gasteiger partial charge is 0.332 e. The number of carboxylic acid groups (broad SMARTS) is 1. The average molecular weight is 242 g/mol. The Hall–Kier alpha value is -1.30. The number of hydrogen-bond donors (Lipinski definition) is 3. The van der Waals surface area contributed by atoms with E-state index in [1.165, 1.54) is 0 Å². The van der Waals surface area contributed by atoms with Gasteiger partial charge in [-0.1, -0.05) is 0 Å². The fourth-order valence-corrected chi connectivity index (χ4v) is 1.87. The molecule has 2 aliphatic rings. The number of carboxylic acids is 1. The van der Waals surface area contributed by atoms with Crippen LogP contribution in [0, 0.1) is 0 Å². The van der Waals surface area contributed by atoms with Gasteiger partial charge in [0.15, 0.2) is 6.10 Å². The number of nitrogens with one attached hydrogen (secondary N) is 2. The minimum atomic E-state index is -0.928. The Morgan fingerprint density at radius 3 is 2.65 bits per heavy atom. The summed E-state index contributed by atoms with van der Waals surface area (Å²) >= 11 is 0. The molecule has 2 fully saturated rings. The molecule has 0 spiro atoms. The number of carbonyl (C=O) groups excluding carboxylic acids is 1. The molecule has 1 saturated heterocycles. The zero-order valence-electron chi connectivity index (χ0n) is 9.86. The SMILES string of the molecule is CC1(NC(=O)NCC2CCC(C(=O)O)O2)CC1. The second-order valence-electron chi connectivity index (χ2n) is 5.06. The van der Waals surface area contributed by atoms with Gasteiger partial charge in [-0.3, -0.25) is 0 Å². The normalized spacial score (nSPS) is 29.7. The minimum Gasteiger partial charge on any atom is -0.479 e. The van der Waals surface area contributed by atoms with E-state index in [9.17, 15) is 9.59 Å². The first-order valence-corrected chi connectivity index (χ1v) is 5.93. The van der Waals surface area contributed by atoms with Crippen molar-refractivity contribution >= 4 is 12.0 Å². The van der Waals surface area contributed by atoms with Crippen LogP contribution < -0.4 is 10.6 Å². The summed E-state index contributed by atoms with van der Waals surface area (Å²) in [6.07, 6.45) is 2.32. The largest absolute Gasteiger partial charge is 0.479 e. The van der Waals surface area contributed by atoms with Crippen molar-refractivity contribution in [1.82, 2.24) is 10.6 Å². The van der Waals surface area contributed by atoms with Crippen molar-refractivity contribution in [2.24, 2.45) is 0 Å². The molecule has 2 atom stereocenters. The second kappa shape index (κ2) is 4.52. The van der Waals surface area contributed by atoms with Crippen molar-refractivity contribution in [1.29, 1.82) is 0 Å². The molecule has 0 aromatic carbocycles. The van der Waals surface area contributed by atoms with Crippen LogP contribution in [-0.2, 0) is 9.53 Å². The molecule has 2 amide bonds. The van der Waals surface area contributed by atoms with Crippen molar-refractivity contribution in [3.63, 3.8) is 0 Å². The predicted octanol–water partition coefficient (Wildman–Crippen LogP) is 0.470. The van der Waals surface area contributed by atoms with Crippen LogP contribution in [0.25, 0.3) is 0 Å². The van der Waals surface area contributed by atoms with Crippen LogP contribution in [-0.4, -0.2) is 41.4 Å². The number of aliphatic carboxylic acids is 1. The molecule has 17 heavy (non-hydrogen) atoms. The average Bonchev–Trinajstić information content (AvgIpc) is 2.82. The van der Waals surface area contributed by atoms with Crippen LogP contribution in [0.4, 0.5) is 4.79 Å². The summed E-state index contributed by atoms with van der Waals surface area (Å²) in [7, 11) is 0. The van der Waals surface area contributed by atoms with Crippen molar-refractivity contribution in [2.45, 2.75) is 50.4 Å². The number of ether oxygens (including phenoxy) is 1. The minimum absolute atomic E-state index is 0.0375. The van der Waals surface area contributed by atoms with Gasteiger partial charge in [0.2, 0.25) is 0 Å². The van der Waals surface area contributed by atoms with Gasteiger partial charge in [0.1, 0.15) is 0 Å². The van der Waals surface area contributed by atoms with Crippen LogP contribution in [0.15, 0.2) is 0 Å². The van der Waals surface area contributed by atoms with Crippen molar-refractivity contribution < 1.29 is 19.4 Å². The van der Waals surface area contributed by atoms with Crippen LogP contribution in [0.3, 0.4) is 0 Å². The third-order valence-electron chi connectivity index (χ3n) is 3.29. The first-order valence-electron chi connectivity index (χ1n) is 5.93. The third kappa shape index (κ3) is 3.33. The molecule has 1 aliphatic heterocycles.